The third-order valence-corrected chi connectivity index (χ3v) is 2.35. The van der Waals surface area contributed by atoms with Gasteiger partial charge in [0.15, 0.2) is 0 Å². The third kappa shape index (κ3) is 3.84. The summed E-state index contributed by atoms with van der Waals surface area (Å²) in [4.78, 5) is 12.5. The molecule has 0 radical (unpaired) electrons. The van der Waals surface area contributed by atoms with Crippen molar-refractivity contribution in [1.82, 2.24) is 5.32 Å². The lowest BCUT2D eigenvalue weighted by atomic mass is 10.2. The van der Waals surface area contributed by atoms with Crippen LogP contribution in [0.3, 0.4) is 0 Å². The number of hydrogen-bond acceptors (Lipinski definition) is 4. The van der Waals surface area contributed by atoms with Gasteiger partial charge in [0.25, 0.3) is 5.91 Å². The van der Waals surface area contributed by atoms with Gasteiger partial charge >= 0.3 is 0 Å². The molecule has 1 aromatic carbocycles. The standard InChI is InChI=1S/C11H15NO3S/c1-15-7-9(6-13)12-11(14)8-2-4-10(16)5-3-8/h2-5,9,13,16H,6-7H2,1H3,(H,12,14). The van der Waals surface area contributed by atoms with Crippen molar-refractivity contribution in [2.75, 3.05) is 20.3 Å². The molecule has 16 heavy (non-hydrogen) atoms. The molecular formula is C11H15NO3S. The molecule has 0 aromatic heterocycles. The first-order valence-electron chi connectivity index (χ1n) is 4.87. The van der Waals surface area contributed by atoms with Crippen molar-refractivity contribution in [3.05, 3.63) is 29.8 Å². The van der Waals surface area contributed by atoms with Gasteiger partial charge in [-0.2, -0.15) is 0 Å². The van der Waals surface area contributed by atoms with Gasteiger partial charge in [-0.3, -0.25) is 4.79 Å². The maximum absolute atomic E-state index is 11.7. The Kier molecular flexibility index (Phi) is 5.31. The Morgan fingerprint density at radius 1 is 1.50 bits per heavy atom. The average molecular weight is 241 g/mol. The summed E-state index contributed by atoms with van der Waals surface area (Å²) in [5.74, 6) is -0.232. The van der Waals surface area contributed by atoms with Gasteiger partial charge in [-0.05, 0) is 24.3 Å². The normalized spacial score (nSPS) is 12.2. The molecule has 0 saturated heterocycles. The van der Waals surface area contributed by atoms with Crippen molar-refractivity contribution in [2.24, 2.45) is 0 Å². The zero-order valence-electron chi connectivity index (χ0n) is 9.01. The van der Waals surface area contributed by atoms with Crippen LogP contribution >= 0.6 is 12.6 Å². The highest BCUT2D eigenvalue weighted by Crippen LogP contribution is 2.07. The first kappa shape index (κ1) is 13.0. The number of benzene rings is 1. The second-order valence-corrected chi connectivity index (χ2v) is 3.87. The van der Waals surface area contributed by atoms with E-state index in [2.05, 4.69) is 17.9 Å². The maximum Gasteiger partial charge on any atom is 0.251 e. The van der Waals surface area contributed by atoms with Crippen molar-refractivity contribution in [1.29, 1.82) is 0 Å². The lowest BCUT2D eigenvalue weighted by Crippen LogP contribution is -2.40. The Morgan fingerprint density at radius 3 is 2.62 bits per heavy atom. The van der Waals surface area contributed by atoms with E-state index in [4.69, 9.17) is 9.84 Å². The second kappa shape index (κ2) is 6.52. The van der Waals surface area contributed by atoms with E-state index >= 15 is 0 Å². The molecule has 1 unspecified atom stereocenters. The molecule has 1 rings (SSSR count). The summed E-state index contributed by atoms with van der Waals surface area (Å²) in [6, 6.07) is 6.45. The Bertz CT molecular complexity index is 340. The van der Waals surface area contributed by atoms with E-state index in [-0.39, 0.29) is 25.2 Å². The predicted octanol–water partition coefficient (Wildman–Crippen LogP) is 0.712. The number of rotatable bonds is 5. The number of carbonyl (C=O) groups is 1. The van der Waals surface area contributed by atoms with Crippen molar-refractivity contribution in [3.8, 4) is 0 Å². The van der Waals surface area contributed by atoms with E-state index in [1.54, 1.807) is 24.3 Å². The summed E-state index contributed by atoms with van der Waals surface area (Å²) < 4.78 is 4.86. The summed E-state index contributed by atoms with van der Waals surface area (Å²) in [6.45, 7) is 0.136. The summed E-state index contributed by atoms with van der Waals surface area (Å²) in [5, 5.41) is 11.7. The molecule has 2 N–H and O–H groups in total. The zero-order valence-corrected chi connectivity index (χ0v) is 9.91. The van der Waals surface area contributed by atoms with Crippen LogP contribution < -0.4 is 5.32 Å². The Balaban J connectivity index is 2.60. The van der Waals surface area contributed by atoms with Crippen LogP contribution in [0.5, 0.6) is 0 Å². The largest absolute Gasteiger partial charge is 0.394 e. The summed E-state index contributed by atoms with van der Waals surface area (Å²) in [5.41, 5.74) is 0.535. The second-order valence-electron chi connectivity index (χ2n) is 3.36. The number of hydrogen-bond donors (Lipinski definition) is 3. The van der Waals surface area contributed by atoms with Gasteiger partial charge in [0.2, 0.25) is 0 Å². The van der Waals surface area contributed by atoms with E-state index in [1.807, 2.05) is 0 Å². The van der Waals surface area contributed by atoms with E-state index < -0.39 is 0 Å². The molecule has 1 aromatic rings. The Morgan fingerprint density at radius 2 is 2.12 bits per heavy atom. The molecule has 0 bridgehead atoms. The summed E-state index contributed by atoms with van der Waals surface area (Å²) in [7, 11) is 1.52. The highest BCUT2D eigenvalue weighted by molar-refractivity contribution is 7.80. The molecule has 88 valence electrons. The predicted molar refractivity (Wildman–Crippen MR) is 63.9 cm³/mol. The average Bonchev–Trinajstić information content (AvgIpc) is 2.29. The van der Waals surface area contributed by atoms with Crippen LogP contribution in [0.25, 0.3) is 0 Å². The van der Waals surface area contributed by atoms with Crippen LogP contribution in [0.4, 0.5) is 0 Å². The number of aliphatic hydroxyl groups excluding tert-OH is 1. The van der Waals surface area contributed by atoms with E-state index in [9.17, 15) is 4.79 Å². The molecule has 1 amide bonds. The smallest absolute Gasteiger partial charge is 0.251 e. The minimum atomic E-state index is -0.381. The van der Waals surface area contributed by atoms with Gasteiger partial charge in [-0.15, -0.1) is 12.6 Å². The zero-order chi connectivity index (χ0) is 12.0. The highest BCUT2D eigenvalue weighted by atomic mass is 32.1. The summed E-state index contributed by atoms with van der Waals surface area (Å²) >= 11 is 4.13. The van der Waals surface area contributed by atoms with Gasteiger partial charge in [0.1, 0.15) is 0 Å². The number of carbonyl (C=O) groups excluding carboxylic acids is 1. The SMILES string of the molecule is COCC(CO)NC(=O)c1ccc(S)cc1. The molecule has 0 heterocycles. The molecule has 0 aliphatic heterocycles. The molecule has 0 saturated carbocycles. The van der Waals surface area contributed by atoms with E-state index in [1.165, 1.54) is 7.11 Å². The monoisotopic (exact) mass is 241 g/mol. The highest BCUT2D eigenvalue weighted by Gasteiger charge is 2.12. The molecule has 0 fully saturated rings. The van der Waals surface area contributed by atoms with Gasteiger partial charge < -0.3 is 15.2 Å². The third-order valence-electron chi connectivity index (χ3n) is 2.05. The van der Waals surface area contributed by atoms with Crippen LogP contribution in [0, 0.1) is 0 Å². The van der Waals surface area contributed by atoms with Crippen LogP contribution in [-0.4, -0.2) is 37.4 Å². The van der Waals surface area contributed by atoms with Crippen LogP contribution in [0.1, 0.15) is 10.4 Å². The quantitative estimate of drug-likeness (QED) is 0.666. The van der Waals surface area contributed by atoms with E-state index in [0.717, 1.165) is 4.90 Å². The van der Waals surface area contributed by atoms with Crippen molar-refractivity contribution >= 4 is 18.5 Å². The van der Waals surface area contributed by atoms with E-state index in [0.29, 0.717) is 5.56 Å². The first-order chi connectivity index (χ1) is 7.67. The van der Waals surface area contributed by atoms with Crippen molar-refractivity contribution in [3.63, 3.8) is 0 Å². The lowest BCUT2D eigenvalue weighted by Gasteiger charge is -2.15. The van der Waals surface area contributed by atoms with Crippen molar-refractivity contribution in [2.45, 2.75) is 10.9 Å². The number of ether oxygens (including phenoxy) is 1. The molecule has 0 aliphatic carbocycles. The Labute approximate surface area is 100 Å². The Hall–Kier alpha value is -1.04. The van der Waals surface area contributed by atoms with Crippen LogP contribution in [0.15, 0.2) is 29.2 Å². The number of thiol groups is 1. The topological polar surface area (TPSA) is 58.6 Å². The minimum absolute atomic E-state index is 0.149. The van der Waals surface area contributed by atoms with Crippen LogP contribution in [0.2, 0.25) is 0 Å². The first-order valence-corrected chi connectivity index (χ1v) is 5.31. The molecular weight excluding hydrogens is 226 g/mol. The van der Waals surface area contributed by atoms with Crippen LogP contribution in [-0.2, 0) is 4.74 Å². The molecule has 0 aliphatic rings. The van der Waals surface area contributed by atoms with Gasteiger partial charge in [-0.1, -0.05) is 0 Å². The number of amides is 1. The number of nitrogens with one attached hydrogen (secondary N) is 1. The van der Waals surface area contributed by atoms with Gasteiger partial charge in [0, 0.05) is 17.6 Å². The molecule has 0 spiro atoms. The fraction of sp³-hybridized carbons (Fsp3) is 0.364. The number of methoxy groups -OCH3 is 1. The van der Waals surface area contributed by atoms with Gasteiger partial charge in [-0.25, -0.2) is 0 Å². The summed E-state index contributed by atoms with van der Waals surface area (Å²) in [6.07, 6.45) is 0. The molecule has 4 nitrogen and oxygen atoms in total. The lowest BCUT2D eigenvalue weighted by molar-refractivity contribution is 0.0839. The van der Waals surface area contributed by atoms with Crippen molar-refractivity contribution < 1.29 is 14.6 Å². The fourth-order valence-corrected chi connectivity index (χ4v) is 1.37. The fourth-order valence-electron chi connectivity index (χ4n) is 1.22. The minimum Gasteiger partial charge on any atom is -0.394 e. The van der Waals surface area contributed by atoms with Gasteiger partial charge in [0.05, 0.1) is 19.3 Å². The molecule has 1 atom stereocenters. The number of aliphatic hydroxyl groups is 1. The molecule has 5 heteroatoms. The maximum atomic E-state index is 11.7.